The van der Waals surface area contributed by atoms with Crippen LogP contribution in [0.25, 0.3) is 22.3 Å². The van der Waals surface area contributed by atoms with Crippen molar-refractivity contribution in [2.75, 3.05) is 6.61 Å². The first-order chi connectivity index (χ1) is 16.6. The zero-order valence-electron chi connectivity index (χ0n) is 20.0. The number of hydrogen-bond donors (Lipinski definition) is 2. The lowest BCUT2D eigenvalue weighted by Gasteiger charge is -2.37. The van der Waals surface area contributed by atoms with Gasteiger partial charge in [0.15, 0.2) is 5.60 Å². The van der Waals surface area contributed by atoms with Gasteiger partial charge in [0, 0.05) is 29.2 Å². The van der Waals surface area contributed by atoms with Gasteiger partial charge in [0.2, 0.25) is 0 Å². The van der Waals surface area contributed by atoms with Gasteiger partial charge in [0.25, 0.3) is 5.56 Å². The molecule has 2 atom stereocenters. The fourth-order valence-electron chi connectivity index (χ4n) is 6.39. The lowest BCUT2D eigenvalue weighted by atomic mass is 9.67. The molecule has 2 N–H and O–H groups in total. The predicted octanol–water partition coefficient (Wildman–Crippen LogP) is 3.11. The molecule has 4 heterocycles. The van der Waals surface area contributed by atoms with Gasteiger partial charge in [0.1, 0.15) is 12.4 Å². The zero-order chi connectivity index (χ0) is 24.9. The molecule has 0 radical (unpaired) electrons. The minimum absolute atomic E-state index is 0.00871. The molecule has 2 aliphatic heterocycles. The van der Waals surface area contributed by atoms with Gasteiger partial charge < -0.3 is 19.5 Å². The molecule has 35 heavy (non-hydrogen) atoms. The molecular formula is C27H27FN2O5. The van der Waals surface area contributed by atoms with Gasteiger partial charge in [-0.2, -0.15) is 0 Å². The SMILES string of the molecule is CC[C@@]1(O)C(=O)OCc2c1cc1n(c2=O)Cc2c-1nc1cc(F)c(C)c3c1c2[C@@](C)(CCO)CC3. The molecule has 2 aromatic heterocycles. The minimum Gasteiger partial charge on any atom is -0.458 e. The number of cyclic esters (lactones) is 1. The Balaban J connectivity index is 1.71. The molecule has 0 unspecified atom stereocenters. The standard InChI is InChI=1S/C27H27FN2O5/c1-4-27(34)17-9-20-23-15(11-30(20)24(32)16(17)12-35-25(27)33)22-21-14(5-6-26(22,3)7-8-31)13(2)18(28)10-19(21)29-23/h9-10,31,34H,4-8,11-12H2,1-3H3/t26-,27+/m1/s1. The number of carbonyl (C=O) groups excluding carboxylic acids is 1. The lowest BCUT2D eigenvalue weighted by molar-refractivity contribution is -0.172. The first kappa shape index (κ1) is 22.4. The first-order valence-corrected chi connectivity index (χ1v) is 12.1. The van der Waals surface area contributed by atoms with Crippen molar-refractivity contribution in [2.24, 2.45) is 0 Å². The van der Waals surface area contributed by atoms with Crippen molar-refractivity contribution in [3.63, 3.8) is 0 Å². The van der Waals surface area contributed by atoms with Crippen LogP contribution in [0.15, 0.2) is 16.9 Å². The van der Waals surface area contributed by atoms with Gasteiger partial charge in [-0.1, -0.05) is 13.8 Å². The number of ether oxygens (including phenoxy) is 1. The van der Waals surface area contributed by atoms with Gasteiger partial charge in [-0.3, -0.25) is 4.79 Å². The van der Waals surface area contributed by atoms with Gasteiger partial charge >= 0.3 is 5.97 Å². The van der Waals surface area contributed by atoms with E-state index in [4.69, 9.17) is 9.72 Å². The fourth-order valence-corrected chi connectivity index (χ4v) is 6.39. The van der Waals surface area contributed by atoms with Crippen molar-refractivity contribution in [3.05, 3.63) is 61.7 Å². The summed E-state index contributed by atoms with van der Waals surface area (Å²) >= 11 is 0. The number of carbonyl (C=O) groups is 1. The van der Waals surface area contributed by atoms with E-state index in [1.165, 1.54) is 6.07 Å². The molecule has 0 spiro atoms. The molecule has 0 bridgehead atoms. The second-order valence-corrected chi connectivity index (χ2v) is 10.3. The molecule has 6 rings (SSSR count). The quantitative estimate of drug-likeness (QED) is 0.439. The Morgan fingerprint density at radius 1 is 1.23 bits per heavy atom. The number of aromatic nitrogens is 2. The van der Waals surface area contributed by atoms with Crippen LogP contribution in [0.3, 0.4) is 0 Å². The molecule has 0 fully saturated rings. The fraction of sp³-hybridized carbons (Fsp3) is 0.444. The molecule has 0 amide bonds. The molecule has 3 aromatic rings. The van der Waals surface area contributed by atoms with Crippen LogP contribution in [-0.2, 0) is 40.1 Å². The van der Waals surface area contributed by atoms with E-state index >= 15 is 0 Å². The van der Waals surface area contributed by atoms with Crippen molar-refractivity contribution in [2.45, 2.75) is 70.6 Å². The third-order valence-corrected chi connectivity index (χ3v) is 8.50. The number of fused-ring (bicyclic) bond motifs is 5. The zero-order valence-corrected chi connectivity index (χ0v) is 20.0. The van der Waals surface area contributed by atoms with Crippen LogP contribution in [0.4, 0.5) is 4.39 Å². The maximum Gasteiger partial charge on any atom is 0.343 e. The number of pyridine rings is 2. The van der Waals surface area contributed by atoms with Crippen LogP contribution in [0.1, 0.15) is 66.5 Å². The molecule has 0 saturated carbocycles. The summed E-state index contributed by atoms with van der Waals surface area (Å²) in [5.74, 6) is -1.09. The van der Waals surface area contributed by atoms with E-state index in [1.807, 2.05) is 0 Å². The summed E-state index contributed by atoms with van der Waals surface area (Å²) in [6.07, 6.45) is 2.03. The van der Waals surface area contributed by atoms with Crippen molar-refractivity contribution in [3.8, 4) is 11.4 Å². The van der Waals surface area contributed by atoms with Gasteiger partial charge in [-0.15, -0.1) is 0 Å². The lowest BCUT2D eigenvalue weighted by Crippen LogP contribution is -2.44. The largest absolute Gasteiger partial charge is 0.458 e. The summed E-state index contributed by atoms with van der Waals surface area (Å²) in [6.45, 7) is 5.66. The third kappa shape index (κ3) is 2.75. The number of aliphatic hydroxyl groups is 2. The average Bonchev–Trinajstić information content (AvgIpc) is 3.19. The van der Waals surface area contributed by atoms with Crippen LogP contribution < -0.4 is 5.56 Å². The number of halogens is 1. The van der Waals surface area contributed by atoms with Crippen molar-refractivity contribution < 1.29 is 24.1 Å². The van der Waals surface area contributed by atoms with Crippen LogP contribution in [0.2, 0.25) is 0 Å². The number of rotatable bonds is 3. The molecule has 1 aromatic carbocycles. The summed E-state index contributed by atoms with van der Waals surface area (Å²) in [5.41, 5.74) is 2.94. The van der Waals surface area contributed by atoms with E-state index in [-0.39, 0.29) is 54.1 Å². The number of esters is 1. The second-order valence-electron chi connectivity index (χ2n) is 10.3. The van der Waals surface area contributed by atoms with E-state index in [0.29, 0.717) is 35.3 Å². The summed E-state index contributed by atoms with van der Waals surface area (Å²) in [4.78, 5) is 30.9. The van der Waals surface area contributed by atoms with E-state index in [2.05, 4.69) is 6.92 Å². The Morgan fingerprint density at radius 2 is 2.00 bits per heavy atom. The summed E-state index contributed by atoms with van der Waals surface area (Å²) in [5, 5.41) is 21.9. The van der Waals surface area contributed by atoms with Gasteiger partial charge in [-0.05, 0) is 60.8 Å². The van der Waals surface area contributed by atoms with Crippen LogP contribution >= 0.6 is 0 Å². The van der Waals surface area contributed by atoms with Gasteiger partial charge in [-0.25, -0.2) is 14.2 Å². The summed E-state index contributed by atoms with van der Waals surface area (Å²) in [6, 6.07) is 3.12. The topological polar surface area (TPSA) is 102 Å². The summed E-state index contributed by atoms with van der Waals surface area (Å²) in [7, 11) is 0. The molecular weight excluding hydrogens is 451 g/mol. The first-order valence-electron chi connectivity index (χ1n) is 12.1. The van der Waals surface area contributed by atoms with Crippen molar-refractivity contribution in [1.82, 2.24) is 9.55 Å². The molecule has 182 valence electrons. The number of aliphatic hydroxyl groups excluding tert-OH is 1. The van der Waals surface area contributed by atoms with E-state index in [1.54, 1.807) is 24.5 Å². The average molecular weight is 479 g/mol. The number of hydrogen-bond acceptors (Lipinski definition) is 6. The summed E-state index contributed by atoms with van der Waals surface area (Å²) < 4.78 is 21.7. The highest BCUT2D eigenvalue weighted by Crippen LogP contribution is 2.49. The molecule has 7 nitrogen and oxygen atoms in total. The minimum atomic E-state index is -1.90. The third-order valence-electron chi connectivity index (χ3n) is 8.50. The van der Waals surface area contributed by atoms with Crippen LogP contribution in [0, 0.1) is 12.7 Å². The monoisotopic (exact) mass is 478 g/mol. The molecule has 0 saturated heterocycles. The van der Waals surface area contributed by atoms with Crippen LogP contribution in [0.5, 0.6) is 0 Å². The Hall–Kier alpha value is -3.10. The highest BCUT2D eigenvalue weighted by atomic mass is 19.1. The van der Waals surface area contributed by atoms with Crippen molar-refractivity contribution in [1.29, 1.82) is 0 Å². The number of aryl methyl sites for hydroxylation is 1. The van der Waals surface area contributed by atoms with Gasteiger partial charge in [0.05, 0.1) is 29.0 Å². The molecule has 1 aliphatic carbocycles. The Bertz CT molecular complexity index is 1530. The van der Waals surface area contributed by atoms with Crippen molar-refractivity contribution >= 4 is 16.9 Å². The van der Waals surface area contributed by atoms with E-state index in [0.717, 1.165) is 28.5 Å². The molecule has 3 aliphatic rings. The highest BCUT2D eigenvalue weighted by Gasteiger charge is 2.46. The highest BCUT2D eigenvalue weighted by molar-refractivity contribution is 5.93. The second kappa shape index (κ2) is 7.21. The Morgan fingerprint density at radius 3 is 2.71 bits per heavy atom. The maximum atomic E-state index is 14.9. The molecule has 8 heteroatoms. The number of nitrogens with zero attached hydrogens (tertiary/aromatic N) is 2. The normalized spacial score (nSPS) is 24.2. The number of benzene rings is 1. The predicted molar refractivity (Wildman–Crippen MR) is 127 cm³/mol. The maximum absolute atomic E-state index is 14.9. The Labute approximate surface area is 201 Å². The van der Waals surface area contributed by atoms with E-state index in [9.17, 15) is 24.2 Å². The Kier molecular flexibility index (Phi) is 4.61. The smallest absolute Gasteiger partial charge is 0.343 e. The van der Waals surface area contributed by atoms with E-state index < -0.39 is 11.6 Å². The van der Waals surface area contributed by atoms with Crippen LogP contribution in [-0.4, -0.2) is 32.3 Å².